The van der Waals surface area contributed by atoms with E-state index in [9.17, 15) is 37.6 Å². The van der Waals surface area contributed by atoms with Crippen LogP contribution < -0.4 is 69.3 Å². The van der Waals surface area contributed by atoms with Gasteiger partial charge in [-0.05, 0) is 35.4 Å². The molecule has 2 aromatic carbocycles. The third kappa shape index (κ3) is 8.61. The molecule has 2 aromatic rings. The first-order valence-corrected chi connectivity index (χ1v) is 10.9. The van der Waals surface area contributed by atoms with Crippen LogP contribution in [0.2, 0.25) is 0 Å². The molecule has 34 heavy (non-hydrogen) atoms. The fraction of sp³-hybridized carbons (Fsp3) is 0. The fourth-order valence-electron chi connectivity index (χ4n) is 2.13. The maximum absolute atomic E-state index is 11.8. The standard InChI is InChI=1S/C18H12N4O8S2.2Na/c19-7-15(21-9-11-5-13(31(25,26)27)1-3-17(11)23)16(8-20)22-10-12-6-14(32(28,29)30)2-4-18(12)24;;/h1-6,9-10,23-24H,(H,25,26,27)(H,28,29,30);;/q;2*+1/p-2/b16-15+,21-9?,22-10?;;. The quantitative estimate of drug-likeness (QED) is 0.159. The van der Waals surface area contributed by atoms with E-state index in [4.69, 9.17) is 9.11 Å². The minimum absolute atomic E-state index is 0. The van der Waals surface area contributed by atoms with Crippen LogP contribution in [0.15, 0.2) is 67.6 Å². The molecular weight excluding hydrogens is 510 g/mol. The van der Waals surface area contributed by atoms with Crippen molar-refractivity contribution in [3.63, 3.8) is 0 Å². The Morgan fingerprint density at radius 2 is 1.09 bits per heavy atom. The molecular formula is C18H10N4Na2O8S2. The van der Waals surface area contributed by atoms with Gasteiger partial charge in [0.05, 0.1) is 9.79 Å². The molecule has 16 heteroatoms. The molecule has 0 aromatic heterocycles. The third-order valence-corrected chi connectivity index (χ3v) is 5.36. The smallest absolute Gasteiger partial charge is 0.872 e. The third-order valence-electron chi connectivity index (χ3n) is 3.66. The van der Waals surface area contributed by atoms with E-state index in [1.807, 2.05) is 0 Å². The Bertz CT molecular complexity index is 1360. The van der Waals surface area contributed by atoms with E-state index in [0.29, 0.717) is 0 Å². The van der Waals surface area contributed by atoms with E-state index in [0.717, 1.165) is 48.8 Å². The van der Waals surface area contributed by atoms with E-state index in [1.165, 1.54) is 12.1 Å². The Hall–Kier alpha value is -2.08. The van der Waals surface area contributed by atoms with Gasteiger partial charge in [-0.2, -0.15) is 27.4 Å². The summed E-state index contributed by atoms with van der Waals surface area (Å²) in [5.74, 6) is -1.39. The molecule has 12 nitrogen and oxygen atoms in total. The van der Waals surface area contributed by atoms with Crippen molar-refractivity contribution in [3.8, 4) is 23.6 Å². The van der Waals surface area contributed by atoms with Gasteiger partial charge in [0, 0.05) is 12.4 Å². The molecule has 0 aliphatic heterocycles. The van der Waals surface area contributed by atoms with E-state index >= 15 is 0 Å². The average molecular weight is 520 g/mol. The zero-order valence-electron chi connectivity index (χ0n) is 17.6. The maximum Gasteiger partial charge on any atom is 1.00 e. The van der Waals surface area contributed by atoms with Gasteiger partial charge in [0.2, 0.25) is 0 Å². The summed E-state index contributed by atoms with van der Waals surface area (Å²) in [5, 5.41) is 42.1. The molecule has 0 spiro atoms. The number of aliphatic imine (C=N–C) groups is 2. The van der Waals surface area contributed by atoms with Gasteiger partial charge in [0.15, 0.2) is 11.4 Å². The largest absolute Gasteiger partial charge is 1.00 e. The van der Waals surface area contributed by atoms with Crippen molar-refractivity contribution in [3.05, 3.63) is 58.9 Å². The second-order valence-corrected chi connectivity index (χ2v) is 8.63. The predicted molar refractivity (Wildman–Crippen MR) is 105 cm³/mol. The van der Waals surface area contributed by atoms with E-state index in [1.54, 1.807) is 0 Å². The number of allylic oxidation sites excluding steroid dienone is 2. The number of rotatable bonds is 6. The molecule has 0 saturated carbocycles. The topological polar surface area (TPSA) is 227 Å². The van der Waals surface area contributed by atoms with Crippen molar-refractivity contribution in [2.24, 2.45) is 9.98 Å². The van der Waals surface area contributed by atoms with Gasteiger partial charge < -0.3 is 10.2 Å². The van der Waals surface area contributed by atoms with Gasteiger partial charge in [-0.1, -0.05) is 23.6 Å². The van der Waals surface area contributed by atoms with E-state index < -0.39 is 52.9 Å². The van der Waals surface area contributed by atoms with Gasteiger partial charge in [0.25, 0.3) is 20.2 Å². The molecule has 0 fully saturated rings. The summed E-state index contributed by atoms with van der Waals surface area (Å²) in [6.45, 7) is 0. The summed E-state index contributed by atoms with van der Waals surface area (Å²) in [7, 11) is -9.22. The van der Waals surface area contributed by atoms with Crippen LogP contribution in [0.25, 0.3) is 0 Å². The zero-order chi connectivity index (χ0) is 24.1. The molecule has 0 bridgehead atoms. The summed E-state index contributed by atoms with van der Waals surface area (Å²) in [6, 6.07) is 8.10. The van der Waals surface area contributed by atoms with Crippen molar-refractivity contribution < 1.29 is 95.3 Å². The molecule has 2 N–H and O–H groups in total. The summed E-state index contributed by atoms with van der Waals surface area (Å²) >= 11 is 0. The molecule has 0 atom stereocenters. The monoisotopic (exact) mass is 520 g/mol. The Balaban J connectivity index is 0.00000544. The van der Waals surface area contributed by atoms with Gasteiger partial charge in [-0.15, -0.1) is 0 Å². The van der Waals surface area contributed by atoms with Gasteiger partial charge in [-0.25, -0.2) is 9.98 Å². The van der Waals surface area contributed by atoms with Crippen molar-refractivity contribution in [2.45, 2.75) is 9.79 Å². The van der Waals surface area contributed by atoms with Crippen LogP contribution in [0, 0.1) is 22.7 Å². The second-order valence-electron chi connectivity index (χ2n) is 5.79. The number of nitriles is 2. The SMILES string of the molecule is N#C/C(N=Cc1cc(S(=O)(=O)O)ccc1[O-])=C(/C#N)N=Cc1cc(S(=O)(=O)O)ccc1[O-].[Na+].[Na+]. The van der Waals surface area contributed by atoms with Crippen LogP contribution in [0.1, 0.15) is 11.1 Å². The van der Waals surface area contributed by atoms with Crippen LogP contribution in [-0.2, 0) is 20.2 Å². The number of nitrogens with zero attached hydrogens (tertiary/aromatic N) is 4. The Morgan fingerprint density at radius 1 is 0.765 bits per heavy atom. The van der Waals surface area contributed by atoms with Crippen LogP contribution in [0.5, 0.6) is 11.5 Å². The van der Waals surface area contributed by atoms with Crippen LogP contribution in [-0.4, -0.2) is 38.4 Å². The van der Waals surface area contributed by atoms with Gasteiger partial charge >= 0.3 is 59.1 Å². The minimum Gasteiger partial charge on any atom is -0.872 e. The Morgan fingerprint density at radius 3 is 1.35 bits per heavy atom. The first-order chi connectivity index (χ1) is 14.9. The summed E-state index contributed by atoms with van der Waals surface area (Å²) < 4.78 is 62.8. The summed E-state index contributed by atoms with van der Waals surface area (Å²) in [6.07, 6.45) is 1.56. The molecule has 0 amide bonds. The average Bonchev–Trinajstić information content (AvgIpc) is 2.70. The van der Waals surface area contributed by atoms with Crippen LogP contribution in [0.3, 0.4) is 0 Å². The Labute approximate surface area is 238 Å². The van der Waals surface area contributed by atoms with Crippen LogP contribution in [0.4, 0.5) is 0 Å². The van der Waals surface area contributed by atoms with Crippen LogP contribution >= 0.6 is 0 Å². The fourth-order valence-corrected chi connectivity index (χ4v) is 3.16. The number of hydrogen-bond acceptors (Lipinski definition) is 10. The summed E-state index contributed by atoms with van der Waals surface area (Å²) in [4.78, 5) is 6.06. The number of hydrogen-bond donors (Lipinski definition) is 2. The summed E-state index contributed by atoms with van der Waals surface area (Å²) in [5.41, 5.74) is -1.90. The second kappa shape index (κ2) is 13.1. The molecule has 0 aliphatic carbocycles. The molecule has 164 valence electrons. The molecule has 0 unspecified atom stereocenters. The van der Waals surface area contributed by atoms with Crippen molar-refractivity contribution in [2.75, 3.05) is 0 Å². The maximum atomic E-state index is 11.8. The van der Waals surface area contributed by atoms with Crippen molar-refractivity contribution in [1.82, 2.24) is 0 Å². The first-order valence-electron chi connectivity index (χ1n) is 8.06. The molecule has 0 heterocycles. The molecule has 0 aliphatic rings. The van der Waals surface area contributed by atoms with Crippen molar-refractivity contribution >= 4 is 32.7 Å². The normalized spacial score (nSPS) is 12.2. The van der Waals surface area contributed by atoms with E-state index in [2.05, 4.69) is 9.98 Å². The minimum atomic E-state index is -4.61. The van der Waals surface area contributed by atoms with Crippen molar-refractivity contribution in [1.29, 1.82) is 10.5 Å². The molecule has 0 saturated heterocycles. The van der Waals surface area contributed by atoms with Gasteiger partial charge in [0.1, 0.15) is 12.1 Å². The van der Waals surface area contributed by atoms with E-state index in [-0.39, 0.29) is 70.2 Å². The first kappa shape index (κ1) is 31.9. The molecule has 2 rings (SSSR count). The predicted octanol–water partition coefficient (Wildman–Crippen LogP) is -5.87. The van der Waals surface area contributed by atoms with Gasteiger partial charge in [-0.3, -0.25) is 9.11 Å². The zero-order valence-corrected chi connectivity index (χ0v) is 23.2. The molecule has 0 radical (unpaired) electrons. The number of benzene rings is 2. The Kier molecular flexibility index (Phi) is 12.3.